The van der Waals surface area contributed by atoms with Gasteiger partial charge in [-0.25, -0.2) is 14.8 Å². The first kappa shape index (κ1) is 24.3. The minimum Gasteiger partial charge on any atom is -0.493 e. The van der Waals surface area contributed by atoms with Crippen LogP contribution in [-0.2, 0) is 24.3 Å². The van der Waals surface area contributed by atoms with Crippen molar-refractivity contribution in [3.63, 3.8) is 0 Å². The van der Waals surface area contributed by atoms with E-state index in [1.807, 2.05) is 20.8 Å². The van der Waals surface area contributed by atoms with Crippen molar-refractivity contribution in [1.29, 1.82) is 0 Å². The molecular weight excluding hydrogens is 446 g/mol. The van der Waals surface area contributed by atoms with Gasteiger partial charge in [0.15, 0.2) is 17.1 Å². The molecule has 2 aromatic heterocycles. The molecule has 1 aromatic carbocycles. The number of nitrogens with one attached hydrogen (secondary N) is 1. The van der Waals surface area contributed by atoms with Gasteiger partial charge in [-0.3, -0.25) is 18.7 Å². The molecular formula is C22H27N5O5S. The second-order valence-corrected chi connectivity index (χ2v) is 9.38. The van der Waals surface area contributed by atoms with Crippen molar-refractivity contribution in [2.75, 3.05) is 25.3 Å². The Kier molecular flexibility index (Phi) is 6.82. The number of ether oxygens (including phenoxy) is 2. The lowest BCUT2D eigenvalue weighted by Crippen LogP contribution is -2.38. The average Bonchev–Trinajstić information content (AvgIpc) is 2.78. The number of thioether (sulfide) groups is 1. The molecule has 2 heterocycles. The number of carbonyl (C=O) groups is 1. The molecule has 0 aliphatic heterocycles. The molecule has 0 saturated carbocycles. The lowest BCUT2D eigenvalue weighted by Gasteiger charge is -2.19. The number of hydrogen-bond acceptors (Lipinski definition) is 8. The van der Waals surface area contributed by atoms with E-state index in [4.69, 9.17) is 9.47 Å². The summed E-state index contributed by atoms with van der Waals surface area (Å²) >= 11 is 1.11. The number of carbonyl (C=O) groups excluding carboxylic acids is 1. The minimum atomic E-state index is -0.503. The van der Waals surface area contributed by atoms with E-state index in [0.29, 0.717) is 28.0 Å². The molecule has 0 unspecified atom stereocenters. The second-order valence-electron chi connectivity index (χ2n) is 8.41. The summed E-state index contributed by atoms with van der Waals surface area (Å²) in [6.45, 7) is 5.81. The third kappa shape index (κ3) is 4.87. The van der Waals surface area contributed by atoms with Gasteiger partial charge in [-0.1, -0.05) is 32.5 Å². The van der Waals surface area contributed by atoms with Gasteiger partial charge >= 0.3 is 5.69 Å². The molecule has 1 N–H and O–H groups in total. The number of benzene rings is 1. The molecule has 0 radical (unpaired) electrons. The van der Waals surface area contributed by atoms with Crippen LogP contribution in [0.15, 0.2) is 32.8 Å². The molecule has 11 heteroatoms. The molecule has 0 bridgehead atoms. The molecule has 0 saturated heterocycles. The Hall–Kier alpha value is -3.34. The van der Waals surface area contributed by atoms with Crippen LogP contribution in [0.2, 0.25) is 0 Å². The predicted molar refractivity (Wildman–Crippen MR) is 128 cm³/mol. The first-order valence-electron chi connectivity index (χ1n) is 10.1. The van der Waals surface area contributed by atoms with E-state index in [2.05, 4.69) is 15.3 Å². The molecule has 10 nitrogen and oxygen atoms in total. The maximum atomic E-state index is 12.9. The summed E-state index contributed by atoms with van der Waals surface area (Å²) in [5.41, 5.74) is -0.627. The number of hydrogen-bond donors (Lipinski definition) is 1. The fourth-order valence-electron chi connectivity index (χ4n) is 3.11. The molecule has 0 fully saturated rings. The standard InChI is InChI=1S/C22H27N5O5S/c1-22(2,3)20-24-17-16(19(29)27(5)21(30)26(17)4)18(25-20)33-11-15(28)23-12-8-9-13(31-6)14(10-12)32-7/h8-10H,11H2,1-7H3,(H,23,28). The summed E-state index contributed by atoms with van der Waals surface area (Å²) in [6.07, 6.45) is 0. The van der Waals surface area contributed by atoms with E-state index in [-0.39, 0.29) is 22.7 Å². The highest BCUT2D eigenvalue weighted by Crippen LogP contribution is 2.30. The summed E-state index contributed by atoms with van der Waals surface area (Å²) in [5, 5.41) is 3.36. The highest BCUT2D eigenvalue weighted by molar-refractivity contribution is 8.00. The Balaban J connectivity index is 1.96. The van der Waals surface area contributed by atoms with Crippen molar-refractivity contribution in [3.8, 4) is 11.5 Å². The van der Waals surface area contributed by atoms with Crippen LogP contribution in [0.1, 0.15) is 26.6 Å². The third-order valence-electron chi connectivity index (χ3n) is 4.94. The molecule has 0 atom stereocenters. The topological polar surface area (TPSA) is 117 Å². The largest absolute Gasteiger partial charge is 0.493 e. The van der Waals surface area contributed by atoms with Crippen molar-refractivity contribution in [2.24, 2.45) is 14.1 Å². The van der Waals surface area contributed by atoms with E-state index in [1.165, 1.54) is 25.8 Å². The summed E-state index contributed by atoms with van der Waals surface area (Å²) in [4.78, 5) is 47.0. The highest BCUT2D eigenvalue weighted by Gasteiger charge is 2.24. The van der Waals surface area contributed by atoms with Crippen molar-refractivity contribution in [3.05, 3.63) is 44.9 Å². The zero-order valence-electron chi connectivity index (χ0n) is 19.7. The number of methoxy groups -OCH3 is 2. The van der Waals surface area contributed by atoms with Crippen molar-refractivity contribution >= 4 is 34.4 Å². The van der Waals surface area contributed by atoms with Crippen molar-refractivity contribution < 1.29 is 14.3 Å². The van der Waals surface area contributed by atoms with E-state index >= 15 is 0 Å². The Labute approximate surface area is 195 Å². The quantitative estimate of drug-likeness (QED) is 0.427. The number of amides is 1. The van der Waals surface area contributed by atoms with Crippen LogP contribution >= 0.6 is 11.8 Å². The average molecular weight is 474 g/mol. The lowest BCUT2D eigenvalue weighted by molar-refractivity contribution is -0.113. The molecule has 176 valence electrons. The smallest absolute Gasteiger partial charge is 0.332 e. The number of rotatable bonds is 6. The monoisotopic (exact) mass is 473 g/mol. The van der Waals surface area contributed by atoms with Gasteiger partial charge < -0.3 is 14.8 Å². The van der Waals surface area contributed by atoms with Crippen LogP contribution in [0.3, 0.4) is 0 Å². The number of anilines is 1. The zero-order valence-corrected chi connectivity index (χ0v) is 20.5. The van der Waals surface area contributed by atoms with E-state index in [1.54, 1.807) is 25.2 Å². The minimum absolute atomic E-state index is 0.00393. The maximum Gasteiger partial charge on any atom is 0.332 e. The zero-order chi connectivity index (χ0) is 24.5. The van der Waals surface area contributed by atoms with Gasteiger partial charge in [0, 0.05) is 31.3 Å². The van der Waals surface area contributed by atoms with Crippen molar-refractivity contribution in [2.45, 2.75) is 31.2 Å². The van der Waals surface area contributed by atoms with Crippen LogP contribution in [0, 0.1) is 0 Å². The first-order valence-corrected chi connectivity index (χ1v) is 11.1. The van der Waals surface area contributed by atoms with E-state index < -0.39 is 16.7 Å². The maximum absolute atomic E-state index is 12.9. The van der Waals surface area contributed by atoms with Crippen molar-refractivity contribution in [1.82, 2.24) is 19.1 Å². The molecule has 3 rings (SSSR count). The Bertz CT molecular complexity index is 1340. The summed E-state index contributed by atoms with van der Waals surface area (Å²) in [5.74, 6) is 1.22. The SMILES string of the molecule is COc1ccc(NC(=O)CSc2nc(C(C)(C)C)nc3c2c(=O)n(C)c(=O)n3C)cc1OC. The van der Waals surface area contributed by atoms with Gasteiger partial charge in [0.05, 0.1) is 20.0 Å². The molecule has 0 spiro atoms. The van der Waals surface area contributed by atoms with E-state index in [0.717, 1.165) is 16.3 Å². The van der Waals surface area contributed by atoms with Crippen LogP contribution in [0.25, 0.3) is 11.0 Å². The van der Waals surface area contributed by atoms with Crippen LogP contribution < -0.4 is 26.0 Å². The molecule has 0 aliphatic rings. The van der Waals surface area contributed by atoms with Crippen LogP contribution in [-0.4, -0.2) is 45.0 Å². The second kappa shape index (κ2) is 9.26. The van der Waals surface area contributed by atoms with Crippen LogP contribution in [0.4, 0.5) is 5.69 Å². The van der Waals surface area contributed by atoms with E-state index in [9.17, 15) is 14.4 Å². The number of aromatic nitrogens is 4. The Morgan fingerprint density at radius 3 is 2.33 bits per heavy atom. The van der Waals surface area contributed by atoms with Gasteiger partial charge in [-0.05, 0) is 12.1 Å². The van der Waals surface area contributed by atoms with Gasteiger partial charge in [0.25, 0.3) is 5.56 Å². The highest BCUT2D eigenvalue weighted by atomic mass is 32.2. The first-order chi connectivity index (χ1) is 15.5. The normalized spacial score (nSPS) is 11.5. The predicted octanol–water partition coefficient (Wildman–Crippen LogP) is 2.07. The molecule has 3 aromatic rings. The fraction of sp³-hybridized carbons (Fsp3) is 0.409. The molecule has 1 amide bonds. The summed E-state index contributed by atoms with van der Waals surface area (Å²) in [7, 11) is 6.01. The van der Waals surface area contributed by atoms with Gasteiger partial charge in [-0.2, -0.15) is 0 Å². The van der Waals surface area contributed by atoms with Gasteiger partial charge in [0.1, 0.15) is 16.2 Å². The fourth-order valence-corrected chi connectivity index (χ4v) is 3.93. The van der Waals surface area contributed by atoms with Crippen LogP contribution in [0.5, 0.6) is 11.5 Å². The molecule has 33 heavy (non-hydrogen) atoms. The number of fused-ring (bicyclic) bond motifs is 1. The Morgan fingerprint density at radius 1 is 1.06 bits per heavy atom. The Morgan fingerprint density at radius 2 is 1.73 bits per heavy atom. The number of nitrogens with zero attached hydrogens (tertiary/aromatic N) is 4. The lowest BCUT2D eigenvalue weighted by atomic mass is 9.96. The molecule has 0 aliphatic carbocycles. The third-order valence-corrected chi connectivity index (χ3v) is 5.92. The summed E-state index contributed by atoms with van der Waals surface area (Å²) < 4.78 is 12.8. The van der Waals surface area contributed by atoms with Gasteiger partial charge in [-0.15, -0.1) is 0 Å². The number of aryl methyl sites for hydroxylation is 1. The summed E-state index contributed by atoms with van der Waals surface area (Å²) in [6, 6.07) is 5.05. The van der Waals surface area contributed by atoms with Gasteiger partial charge in [0.2, 0.25) is 5.91 Å².